The largest absolute Gasteiger partial charge is 0.504 e. The summed E-state index contributed by atoms with van der Waals surface area (Å²) in [6.45, 7) is 0.485. The van der Waals surface area contributed by atoms with Gasteiger partial charge in [-0.15, -0.1) is 0 Å². The number of phenols is 2. The monoisotopic (exact) mass is 315 g/mol. The van der Waals surface area contributed by atoms with E-state index in [4.69, 9.17) is 5.73 Å². The van der Waals surface area contributed by atoms with Crippen LogP contribution in [0.2, 0.25) is 0 Å². The number of nitrogens with two attached hydrogens (primary N) is 1. The predicted molar refractivity (Wildman–Crippen MR) is 94.5 cm³/mol. The predicted octanol–water partition coefficient (Wildman–Crippen LogP) is 4.51. The molecule has 0 heterocycles. The van der Waals surface area contributed by atoms with Gasteiger partial charge in [0.15, 0.2) is 11.5 Å². The van der Waals surface area contributed by atoms with Gasteiger partial charge in [0.1, 0.15) is 0 Å². The van der Waals surface area contributed by atoms with Gasteiger partial charge in [0.25, 0.3) is 0 Å². The molecule has 3 heteroatoms. The molecule has 2 aliphatic carbocycles. The molecule has 1 spiro atoms. The zero-order chi connectivity index (χ0) is 16.3. The second kappa shape index (κ2) is 6.96. The molecule has 0 saturated heterocycles. The van der Waals surface area contributed by atoms with Crippen molar-refractivity contribution in [1.82, 2.24) is 0 Å². The van der Waals surface area contributed by atoms with E-state index in [0.717, 1.165) is 36.0 Å². The van der Waals surface area contributed by atoms with Crippen LogP contribution in [0.25, 0.3) is 5.57 Å². The minimum atomic E-state index is -0.0166. The highest BCUT2D eigenvalue weighted by Crippen LogP contribution is 2.48. The van der Waals surface area contributed by atoms with Crippen LogP contribution in [0.15, 0.2) is 18.2 Å². The van der Waals surface area contributed by atoms with Crippen molar-refractivity contribution >= 4 is 5.57 Å². The number of hydrogen-bond donors (Lipinski definition) is 3. The number of rotatable bonds is 1. The quantitative estimate of drug-likeness (QED) is 0.668. The van der Waals surface area contributed by atoms with Crippen molar-refractivity contribution in [1.29, 1.82) is 0 Å². The lowest BCUT2D eigenvalue weighted by Crippen LogP contribution is -2.27. The summed E-state index contributed by atoms with van der Waals surface area (Å²) in [4.78, 5) is 0. The molecular weight excluding hydrogens is 286 g/mol. The molecule has 0 atom stereocenters. The van der Waals surface area contributed by atoms with Gasteiger partial charge < -0.3 is 15.9 Å². The number of hydrogen-bond acceptors (Lipinski definition) is 3. The van der Waals surface area contributed by atoms with Crippen LogP contribution >= 0.6 is 0 Å². The Morgan fingerprint density at radius 3 is 2.13 bits per heavy atom. The highest BCUT2D eigenvalue weighted by molar-refractivity contribution is 5.75. The van der Waals surface area contributed by atoms with E-state index in [1.54, 1.807) is 6.07 Å². The summed E-state index contributed by atoms with van der Waals surface area (Å²) in [6, 6.07) is 3.47. The molecule has 3 rings (SSSR count). The van der Waals surface area contributed by atoms with Gasteiger partial charge in [-0.25, -0.2) is 0 Å². The summed E-state index contributed by atoms with van der Waals surface area (Å²) in [7, 11) is 0. The minimum Gasteiger partial charge on any atom is -0.504 e. The first-order valence-electron chi connectivity index (χ1n) is 9.11. The number of benzene rings is 1. The van der Waals surface area contributed by atoms with Crippen LogP contribution in [0.5, 0.6) is 11.5 Å². The number of allylic oxidation sites excluding steroid dienone is 1. The van der Waals surface area contributed by atoms with E-state index >= 15 is 0 Å². The molecule has 0 aliphatic heterocycles. The summed E-state index contributed by atoms with van der Waals surface area (Å²) in [5, 5.41) is 20.3. The number of fused-ring (bicyclic) bond motifs is 1. The molecule has 0 amide bonds. The lowest BCUT2D eigenvalue weighted by molar-refractivity contribution is 0.279. The molecule has 1 aromatic rings. The molecular formula is C20H29NO2. The third-order valence-corrected chi connectivity index (χ3v) is 5.69. The summed E-state index contributed by atoms with van der Waals surface area (Å²) in [5.41, 5.74) is 9.15. The van der Waals surface area contributed by atoms with Gasteiger partial charge in [-0.05, 0) is 41.9 Å². The third kappa shape index (κ3) is 3.40. The first-order chi connectivity index (χ1) is 11.2. The maximum absolute atomic E-state index is 10.4. The van der Waals surface area contributed by atoms with E-state index in [1.807, 2.05) is 6.07 Å². The lowest BCUT2D eigenvalue weighted by Gasteiger charge is -2.37. The van der Waals surface area contributed by atoms with E-state index < -0.39 is 0 Å². The molecule has 2 aliphatic rings. The summed E-state index contributed by atoms with van der Waals surface area (Å²) in [5.74, 6) is 0.0371. The Hall–Kier alpha value is -1.48. The smallest absolute Gasteiger partial charge is 0.161 e. The zero-order valence-corrected chi connectivity index (χ0v) is 14.0. The van der Waals surface area contributed by atoms with Gasteiger partial charge in [0.2, 0.25) is 0 Å². The maximum Gasteiger partial charge on any atom is 0.161 e. The van der Waals surface area contributed by atoms with Crippen LogP contribution in [-0.2, 0) is 6.42 Å². The first kappa shape index (κ1) is 16.4. The third-order valence-electron chi connectivity index (χ3n) is 5.69. The molecule has 1 saturated carbocycles. The fraction of sp³-hybridized carbons (Fsp3) is 0.600. The van der Waals surface area contributed by atoms with Gasteiger partial charge in [-0.1, -0.05) is 57.1 Å². The van der Waals surface area contributed by atoms with Crippen LogP contribution < -0.4 is 5.73 Å². The van der Waals surface area contributed by atoms with E-state index in [-0.39, 0.29) is 16.9 Å². The molecule has 0 unspecified atom stereocenters. The lowest BCUT2D eigenvalue weighted by atomic mass is 9.67. The highest BCUT2D eigenvalue weighted by Gasteiger charge is 2.34. The van der Waals surface area contributed by atoms with Crippen LogP contribution in [0.4, 0.5) is 0 Å². The first-order valence-corrected chi connectivity index (χ1v) is 9.11. The van der Waals surface area contributed by atoms with E-state index in [9.17, 15) is 10.2 Å². The van der Waals surface area contributed by atoms with E-state index in [2.05, 4.69) is 6.08 Å². The fourth-order valence-electron chi connectivity index (χ4n) is 4.41. The van der Waals surface area contributed by atoms with E-state index in [1.165, 1.54) is 44.9 Å². The van der Waals surface area contributed by atoms with Crippen molar-refractivity contribution in [3.05, 3.63) is 29.3 Å². The highest BCUT2D eigenvalue weighted by atomic mass is 16.3. The van der Waals surface area contributed by atoms with Gasteiger partial charge >= 0.3 is 0 Å². The van der Waals surface area contributed by atoms with Crippen LogP contribution in [0.3, 0.4) is 0 Å². The molecule has 1 aromatic carbocycles. The Labute approximate surface area is 139 Å². The topological polar surface area (TPSA) is 66.5 Å². The van der Waals surface area contributed by atoms with Crippen molar-refractivity contribution in [3.8, 4) is 11.5 Å². The minimum absolute atomic E-state index is 0.0166. The molecule has 0 radical (unpaired) electrons. The van der Waals surface area contributed by atoms with E-state index in [0.29, 0.717) is 6.54 Å². The summed E-state index contributed by atoms with van der Waals surface area (Å²) < 4.78 is 0. The van der Waals surface area contributed by atoms with Crippen LogP contribution in [0, 0.1) is 5.41 Å². The van der Waals surface area contributed by atoms with Crippen molar-refractivity contribution in [2.24, 2.45) is 11.1 Å². The Kier molecular flexibility index (Phi) is 4.96. The average molecular weight is 315 g/mol. The molecule has 0 aromatic heterocycles. The number of phenolic OH excluding ortho intramolecular Hbond substituents is 2. The SMILES string of the molecule is NCC1=CC2(CCCCCCCCC2)Cc2c1ccc(O)c2O. The van der Waals surface area contributed by atoms with Crippen molar-refractivity contribution in [3.63, 3.8) is 0 Å². The van der Waals surface area contributed by atoms with Crippen LogP contribution in [0.1, 0.15) is 68.9 Å². The fourth-order valence-corrected chi connectivity index (χ4v) is 4.41. The average Bonchev–Trinajstić information content (AvgIpc) is 2.57. The van der Waals surface area contributed by atoms with Gasteiger partial charge in [0, 0.05) is 12.1 Å². The molecule has 1 fully saturated rings. The van der Waals surface area contributed by atoms with Gasteiger partial charge in [-0.3, -0.25) is 0 Å². The second-order valence-electron chi connectivity index (χ2n) is 7.35. The van der Waals surface area contributed by atoms with Crippen molar-refractivity contribution in [2.45, 2.75) is 64.2 Å². The summed E-state index contributed by atoms with van der Waals surface area (Å²) >= 11 is 0. The zero-order valence-electron chi connectivity index (χ0n) is 14.0. The Bertz CT molecular complexity index is 582. The number of aromatic hydroxyl groups is 2. The maximum atomic E-state index is 10.4. The van der Waals surface area contributed by atoms with Crippen LogP contribution in [-0.4, -0.2) is 16.8 Å². The Morgan fingerprint density at radius 1 is 0.913 bits per heavy atom. The standard InChI is InChI=1S/C20H29NO2/c21-14-15-12-20(10-6-4-2-1-3-5-7-11-20)13-17-16(15)8-9-18(22)19(17)23/h8-9,12,22-23H,1-7,10-11,13-14,21H2. The molecule has 126 valence electrons. The summed E-state index contributed by atoms with van der Waals surface area (Å²) in [6.07, 6.45) is 14.7. The van der Waals surface area contributed by atoms with Crippen molar-refractivity contribution in [2.75, 3.05) is 6.54 Å². The Balaban J connectivity index is 1.97. The van der Waals surface area contributed by atoms with Gasteiger partial charge in [-0.2, -0.15) is 0 Å². The molecule has 23 heavy (non-hydrogen) atoms. The molecule has 3 nitrogen and oxygen atoms in total. The van der Waals surface area contributed by atoms with Crippen molar-refractivity contribution < 1.29 is 10.2 Å². The Morgan fingerprint density at radius 2 is 1.52 bits per heavy atom. The molecule has 0 bridgehead atoms. The normalized spacial score (nSPS) is 21.5. The molecule has 4 N–H and O–H groups in total. The van der Waals surface area contributed by atoms with Gasteiger partial charge in [0.05, 0.1) is 0 Å². The second-order valence-corrected chi connectivity index (χ2v) is 7.35.